The first-order chi connectivity index (χ1) is 13.7. The molecule has 0 aliphatic rings. The highest BCUT2D eigenvalue weighted by molar-refractivity contribution is 5.56. The first-order valence-corrected chi connectivity index (χ1v) is 8.37. The number of H-pyrrole nitrogens is 1. The minimum atomic E-state index is -3.35. The van der Waals surface area contributed by atoms with Crippen LogP contribution in [0, 0.1) is 5.82 Å². The summed E-state index contributed by atoms with van der Waals surface area (Å²) in [6.07, 6.45) is 6.06. The van der Waals surface area contributed by atoms with Crippen molar-refractivity contribution in [2.24, 2.45) is 11.6 Å². The van der Waals surface area contributed by atoms with Crippen LogP contribution in [0.4, 0.5) is 18.9 Å². The summed E-state index contributed by atoms with van der Waals surface area (Å²) in [5.41, 5.74) is 6.76. The summed E-state index contributed by atoms with van der Waals surface area (Å²) in [6.45, 7) is 0.492. The predicted molar refractivity (Wildman–Crippen MR) is 100 cm³/mol. The summed E-state index contributed by atoms with van der Waals surface area (Å²) in [5, 5.41) is 7.52. The van der Waals surface area contributed by atoms with Crippen LogP contribution >= 0.6 is 0 Å². The molecule has 0 saturated carbocycles. The lowest BCUT2D eigenvalue weighted by Crippen LogP contribution is -2.27. The van der Waals surface area contributed by atoms with Gasteiger partial charge in [0.15, 0.2) is 0 Å². The summed E-state index contributed by atoms with van der Waals surface area (Å²) in [4.78, 5) is 8.22. The minimum Gasteiger partial charge on any atom is -0.457 e. The molecule has 8 nitrogen and oxygen atoms in total. The van der Waals surface area contributed by atoms with E-state index in [1.807, 2.05) is 0 Å². The van der Waals surface area contributed by atoms with Crippen molar-refractivity contribution < 1.29 is 17.9 Å². The van der Waals surface area contributed by atoms with E-state index in [9.17, 15) is 13.2 Å². The summed E-state index contributed by atoms with van der Waals surface area (Å²) in [5.74, 6) is 1.45. The average Bonchev–Trinajstić information content (AvgIpc) is 3.21. The third-order valence-electron chi connectivity index (χ3n) is 3.82. The fraction of sp³-hybridized carbons (Fsp3) is 0.167. The molecule has 0 bridgehead atoms. The number of hydrazine groups is 1. The highest BCUT2D eigenvalue weighted by atomic mass is 19.3. The van der Waals surface area contributed by atoms with E-state index in [1.54, 1.807) is 18.5 Å². The second kappa shape index (κ2) is 8.19. The number of anilines is 1. The van der Waals surface area contributed by atoms with Gasteiger partial charge in [0, 0.05) is 31.1 Å². The third kappa shape index (κ3) is 5.02. The van der Waals surface area contributed by atoms with E-state index in [0.29, 0.717) is 12.6 Å². The summed E-state index contributed by atoms with van der Waals surface area (Å²) in [6, 6.07) is 4.90. The molecule has 29 heavy (non-hydrogen) atoms. The van der Waals surface area contributed by atoms with Gasteiger partial charge < -0.3 is 10.5 Å². The average molecular weight is 405 g/mol. The zero-order chi connectivity index (χ0) is 21.0. The number of halogens is 3. The van der Waals surface area contributed by atoms with Crippen LogP contribution in [0.3, 0.4) is 0 Å². The lowest BCUT2D eigenvalue weighted by Gasteiger charge is -2.18. The van der Waals surface area contributed by atoms with Crippen LogP contribution in [0.25, 0.3) is 11.3 Å². The number of hydrogen-bond acceptors (Lipinski definition) is 7. The highest BCUT2D eigenvalue weighted by Gasteiger charge is 2.28. The van der Waals surface area contributed by atoms with Gasteiger partial charge in [0.2, 0.25) is 0 Å². The normalized spacial score (nSPS) is 12.1. The van der Waals surface area contributed by atoms with Gasteiger partial charge in [0.1, 0.15) is 12.4 Å². The Bertz CT molecular complexity index is 1000. The van der Waals surface area contributed by atoms with Crippen molar-refractivity contribution in [1.82, 2.24) is 20.2 Å². The van der Waals surface area contributed by atoms with E-state index in [4.69, 9.17) is 16.3 Å². The maximum Gasteiger partial charge on any atom is 0.317 e. The van der Waals surface area contributed by atoms with Crippen molar-refractivity contribution in [2.75, 3.05) is 11.6 Å². The Balaban J connectivity index is 1.68. The van der Waals surface area contributed by atoms with Gasteiger partial charge in [-0.2, -0.15) is 10.1 Å². The Morgan fingerprint density at radius 1 is 1.34 bits per heavy atom. The number of hydrogen-bond donors (Lipinski definition) is 3. The monoisotopic (exact) mass is 405 g/mol. The lowest BCUT2D eigenvalue weighted by molar-refractivity contribution is 0.0138. The van der Waals surface area contributed by atoms with E-state index in [1.165, 1.54) is 18.5 Å². The first-order valence-electron chi connectivity index (χ1n) is 8.37. The second-order valence-corrected chi connectivity index (χ2v) is 6.16. The molecule has 0 fully saturated rings. The molecule has 2 aromatic heterocycles. The molecule has 3 rings (SSSR count). The Hall–Kier alpha value is -3.60. The standard InChI is InChI=1S/C18H18F3N7O/c1-18(20,21)14-6-13(2-3-15(14)19)28(23)9-12(22)10-29-17-24-5-4-16(27-17)11-7-25-26-8-11/h2-9H,10,22-23H2,1H3,(H,25,26)/b12-9-. The van der Waals surface area contributed by atoms with Crippen LogP contribution in [-0.2, 0) is 5.92 Å². The topological polar surface area (TPSA) is 119 Å². The van der Waals surface area contributed by atoms with Gasteiger partial charge in [0.25, 0.3) is 5.92 Å². The van der Waals surface area contributed by atoms with Gasteiger partial charge in [0.05, 0.1) is 28.8 Å². The largest absolute Gasteiger partial charge is 0.457 e. The van der Waals surface area contributed by atoms with Crippen molar-refractivity contribution in [3.05, 3.63) is 66.1 Å². The number of aromatic amines is 1. The molecule has 3 aromatic rings. The molecule has 152 valence electrons. The molecule has 0 aliphatic heterocycles. The van der Waals surface area contributed by atoms with E-state index >= 15 is 0 Å². The molecule has 0 radical (unpaired) electrons. The molecule has 1 aromatic carbocycles. The van der Waals surface area contributed by atoms with Gasteiger partial charge in [-0.1, -0.05) is 0 Å². The van der Waals surface area contributed by atoms with E-state index < -0.39 is 17.3 Å². The number of aromatic nitrogens is 4. The maximum absolute atomic E-state index is 13.6. The van der Waals surface area contributed by atoms with Crippen molar-refractivity contribution in [1.29, 1.82) is 0 Å². The Morgan fingerprint density at radius 2 is 2.14 bits per heavy atom. The molecular weight excluding hydrogens is 387 g/mol. The summed E-state index contributed by atoms with van der Waals surface area (Å²) < 4.78 is 46.0. The van der Waals surface area contributed by atoms with Crippen LogP contribution in [-0.4, -0.2) is 26.8 Å². The van der Waals surface area contributed by atoms with E-state index in [2.05, 4.69) is 20.2 Å². The quantitative estimate of drug-likeness (QED) is 0.408. The van der Waals surface area contributed by atoms with Crippen molar-refractivity contribution in [3.63, 3.8) is 0 Å². The fourth-order valence-corrected chi connectivity index (χ4v) is 2.41. The molecule has 0 spiro atoms. The molecule has 0 saturated heterocycles. The summed E-state index contributed by atoms with van der Waals surface area (Å²) >= 11 is 0. The predicted octanol–water partition coefficient (Wildman–Crippen LogP) is 2.68. The molecule has 5 N–H and O–H groups in total. The van der Waals surface area contributed by atoms with Crippen molar-refractivity contribution in [3.8, 4) is 17.3 Å². The van der Waals surface area contributed by atoms with Crippen LogP contribution in [0.2, 0.25) is 0 Å². The molecule has 0 amide bonds. The second-order valence-electron chi connectivity index (χ2n) is 6.16. The van der Waals surface area contributed by atoms with Crippen molar-refractivity contribution >= 4 is 5.69 Å². The molecule has 11 heteroatoms. The number of nitrogens with two attached hydrogens (primary N) is 2. The maximum atomic E-state index is 13.6. The molecule has 0 atom stereocenters. The summed E-state index contributed by atoms with van der Waals surface area (Å²) in [7, 11) is 0. The van der Waals surface area contributed by atoms with Gasteiger partial charge >= 0.3 is 6.01 Å². The van der Waals surface area contributed by atoms with E-state index in [-0.39, 0.29) is 24.0 Å². The van der Waals surface area contributed by atoms with E-state index in [0.717, 1.165) is 22.7 Å². The fourth-order valence-electron chi connectivity index (χ4n) is 2.41. The zero-order valence-corrected chi connectivity index (χ0v) is 15.3. The number of nitrogens with zero attached hydrogens (tertiary/aromatic N) is 4. The van der Waals surface area contributed by atoms with Gasteiger partial charge in [-0.3, -0.25) is 10.1 Å². The Kier molecular flexibility index (Phi) is 5.69. The first kappa shape index (κ1) is 20.1. The van der Waals surface area contributed by atoms with Crippen molar-refractivity contribution in [2.45, 2.75) is 12.8 Å². The van der Waals surface area contributed by atoms with Gasteiger partial charge in [-0.15, -0.1) is 0 Å². The molecular formula is C18H18F3N7O. The van der Waals surface area contributed by atoms with Crippen LogP contribution in [0.1, 0.15) is 12.5 Å². The SMILES string of the molecule is CC(F)(F)c1cc(N(N)/C=C(\N)COc2nccc(-c3cn[nH]c3)n2)ccc1F. The van der Waals surface area contributed by atoms with Crippen LogP contribution in [0.5, 0.6) is 6.01 Å². The number of rotatable bonds is 7. The third-order valence-corrected chi connectivity index (χ3v) is 3.82. The lowest BCUT2D eigenvalue weighted by atomic mass is 10.1. The highest BCUT2D eigenvalue weighted by Crippen LogP contribution is 2.31. The van der Waals surface area contributed by atoms with Gasteiger partial charge in [-0.25, -0.2) is 24.0 Å². The number of benzene rings is 1. The molecule has 0 unspecified atom stereocenters. The number of nitrogens with one attached hydrogen (secondary N) is 1. The molecule has 2 heterocycles. The Morgan fingerprint density at radius 3 is 2.83 bits per heavy atom. The van der Waals surface area contributed by atoms with Crippen LogP contribution in [0.15, 0.2) is 54.8 Å². The smallest absolute Gasteiger partial charge is 0.317 e. The Labute approximate surface area is 164 Å². The number of alkyl halides is 2. The number of ether oxygens (including phenoxy) is 1. The van der Waals surface area contributed by atoms with Crippen LogP contribution < -0.4 is 21.3 Å². The minimum absolute atomic E-state index is 0.0818. The molecule has 0 aliphatic carbocycles. The zero-order valence-electron chi connectivity index (χ0n) is 15.3. The van der Waals surface area contributed by atoms with Gasteiger partial charge in [-0.05, 0) is 24.3 Å².